The first-order valence-electron chi connectivity index (χ1n) is 7.76. The van der Waals surface area contributed by atoms with Gasteiger partial charge in [0.15, 0.2) is 0 Å². The zero-order chi connectivity index (χ0) is 12.1. The molecule has 0 aromatic rings. The molecule has 2 rings (SSSR count). The van der Waals surface area contributed by atoms with Gasteiger partial charge < -0.3 is 5.32 Å². The van der Waals surface area contributed by atoms with E-state index < -0.39 is 0 Å². The van der Waals surface area contributed by atoms with Gasteiger partial charge in [-0.15, -0.1) is 0 Å². The quantitative estimate of drug-likeness (QED) is 0.812. The van der Waals surface area contributed by atoms with Crippen LogP contribution in [0.2, 0.25) is 0 Å². The molecule has 100 valence electrons. The van der Waals surface area contributed by atoms with Crippen LogP contribution in [0.4, 0.5) is 0 Å². The fraction of sp³-hybridized carbons (Fsp3) is 1.00. The monoisotopic (exact) mass is 238 g/mol. The van der Waals surface area contributed by atoms with Crippen LogP contribution in [-0.4, -0.2) is 36.1 Å². The second-order valence-electron chi connectivity index (χ2n) is 6.30. The Morgan fingerprint density at radius 2 is 1.59 bits per heavy atom. The smallest absolute Gasteiger partial charge is 0.0209 e. The highest BCUT2D eigenvalue weighted by Gasteiger charge is 2.28. The van der Waals surface area contributed by atoms with E-state index in [0.29, 0.717) is 6.04 Å². The number of rotatable bonds is 3. The molecule has 0 aromatic heterocycles. The lowest BCUT2D eigenvalue weighted by molar-refractivity contribution is 0.197. The molecular formula is C15H30N2. The summed E-state index contributed by atoms with van der Waals surface area (Å²) in [5.41, 5.74) is 0. The highest BCUT2D eigenvalue weighted by molar-refractivity contribution is 4.86. The van der Waals surface area contributed by atoms with Gasteiger partial charge in [0, 0.05) is 31.2 Å². The summed E-state index contributed by atoms with van der Waals surface area (Å²) < 4.78 is 0. The third-order valence-electron chi connectivity index (χ3n) is 4.38. The van der Waals surface area contributed by atoms with Gasteiger partial charge >= 0.3 is 0 Å². The molecule has 0 radical (unpaired) electrons. The van der Waals surface area contributed by atoms with Crippen LogP contribution in [0.5, 0.6) is 0 Å². The average Bonchev–Trinajstić information content (AvgIpc) is 2.64. The summed E-state index contributed by atoms with van der Waals surface area (Å²) in [5, 5.41) is 3.70. The van der Waals surface area contributed by atoms with Gasteiger partial charge in [-0.1, -0.05) is 46.0 Å². The Balaban J connectivity index is 1.77. The second kappa shape index (κ2) is 6.75. The fourth-order valence-corrected chi connectivity index (χ4v) is 3.53. The zero-order valence-electron chi connectivity index (χ0n) is 11.8. The highest BCUT2D eigenvalue weighted by atomic mass is 15.2. The highest BCUT2D eigenvalue weighted by Crippen LogP contribution is 2.24. The first kappa shape index (κ1) is 13.4. The Labute approximate surface area is 107 Å². The van der Waals surface area contributed by atoms with Crippen molar-refractivity contribution in [2.24, 2.45) is 0 Å². The predicted octanol–water partition coefficient (Wildman–Crippen LogP) is 3.17. The molecular weight excluding hydrogens is 208 g/mol. The van der Waals surface area contributed by atoms with Crippen molar-refractivity contribution in [1.82, 2.24) is 10.2 Å². The molecule has 1 aliphatic heterocycles. The average molecular weight is 238 g/mol. The van der Waals surface area contributed by atoms with Crippen LogP contribution in [0.15, 0.2) is 0 Å². The third-order valence-corrected chi connectivity index (χ3v) is 4.38. The summed E-state index contributed by atoms with van der Waals surface area (Å²) in [7, 11) is 0. The number of hydrogen-bond donors (Lipinski definition) is 1. The number of nitrogens with one attached hydrogen (secondary N) is 1. The van der Waals surface area contributed by atoms with Crippen molar-refractivity contribution >= 4 is 0 Å². The van der Waals surface area contributed by atoms with Crippen LogP contribution in [0.1, 0.15) is 65.2 Å². The van der Waals surface area contributed by atoms with Crippen LogP contribution in [0.3, 0.4) is 0 Å². The number of hydrogen-bond acceptors (Lipinski definition) is 2. The molecule has 2 fully saturated rings. The Bertz CT molecular complexity index is 207. The molecule has 17 heavy (non-hydrogen) atoms. The predicted molar refractivity (Wildman–Crippen MR) is 74.4 cm³/mol. The van der Waals surface area contributed by atoms with E-state index in [2.05, 4.69) is 24.1 Å². The third kappa shape index (κ3) is 4.26. The molecule has 1 heterocycles. The van der Waals surface area contributed by atoms with Crippen molar-refractivity contribution in [3.05, 3.63) is 0 Å². The first-order chi connectivity index (χ1) is 8.25. The van der Waals surface area contributed by atoms with E-state index in [-0.39, 0.29) is 0 Å². The van der Waals surface area contributed by atoms with Crippen molar-refractivity contribution in [1.29, 1.82) is 0 Å². The van der Waals surface area contributed by atoms with Gasteiger partial charge in [0.2, 0.25) is 0 Å². The largest absolute Gasteiger partial charge is 0.310 e. The van der Waals surface area contributed by atoms with E-state index in [1.54, 1.807) is 0 Å². The maximum Gasteiger partial charge on any atom is 0.0209 e. The summed E-state index contributed by atoms with van der Waals surface area (Å²) in [6.07, 6.45) is 11.6. The van der Waals surface area contributed by atoms with Gasteiger partial charge in [0.25, 0.3) is 0 Å². The number of likely N-dealkylation sites (tertiary alicyclic amines) is 1. The molecule has 0 spiro atoms. The maximum atomic E-state index is 3.70. The van der Waals surface area contributed by atoms with Gasteiger partial charge in [-0.3, -0.25) is 4.90 Å². The molecule has 2 aliphatic rings. The molecule has 2 nitrogen and oxygen atoms in total. The van der Waals surface area contributed by atoms with E-state index in [0.717, 1.165) is 12.1 Å². The van der Waals surface area contributed by atoms with Crippen LogP contribution in [0.25, 0.3) is 0 Å². The lowest BCUT2D eigenvalue weighted by Gasteiger charge is -2.29. The van der Waals surface area contributed by atoms with Crippen molar-refractivity contribution in [3.8, 4) is 0 Å². The summed E-state index contributed by atoms with van der Waals surface area (Å²) in [6.45, 7) is 7.15. The molecule has 0 amide bonds. The minimum Gasteiger partial charge on any atom is -0.310 e. The van der Waals surface area contributed by atoms with E-state index in [1.165, 1.54) is 64.5 Å². The zero-order valence-corrected chi connectivity index (χ0v) is 11.8. The molecule has 1 saturated heterocycles. The van der Waals surface area contributed by atoms with Crippen molar-refractivity contribution in [2.75, 3.05) is 13.1 Å². The summed E-state index contributed by atoms with van der Waals surface area (Å²) in [5.74, 6) is 0. The Kier molecular flexibility index (Phi) is 5.30. The molecule has 2 heteroatoms. The van der Waals surface area contributed by atoms with E-state index >= 15 is 0 Å². The van der Waals surface area contributed by atoms with Crippen molar-refractivity contribution < 1.29 is 0 Å². The SMILES string of the molecule is CC(C)NC1CCN(C2CCCCCCC2)C1. The van der Waals surface area contributed by atoms with Crippen LogP contribution in [-0.2, 0) is 0 Å². The van der Waals surface area contributed by atoms with Crippen LogP contribution >= 0.6 is 0 Å². The molecule has 1 aliphatic carbocycles. The van der Waals surface area contributed by atoms with Gasteiger partial charge in [-0.05, 0) is 19.3 Å². The van der Waals surface area contributed by atoms with Gasteiger partial charge in [0.1, 0.15) is 0 Å². The number of nitrogens with zero attached hydrogens (tertiary/aromatic N) is 1. The Morgan fingerprint density at radius 3 is 2.24 bits per heavy atom. The second-order valence-corrected chi connectivity index (χ2v) is 6.30. The normalized spacial score (nSPS) is 29.5. The standard InChI is InChI=1S/C15H30N2/c1-13(2)16-14-10-11-17(12-14)15-8-6-4-3-5-7-9-15/h13-16H,3-12H2,1-2H3. The lowest BCUT2D eigenvalue weighted by Crippen LogP contribution is -2.40. The van der Waals surface area contributed by atoms with Gasteiger partial charge in [0.05, 0.1) is 0 Å². The summed E-state index contributed by atoms with van der Waals surface area (Å²) in [4.78, 5) is 2.77. The van der Waals surface area contributed by atoms with Crippen molar-refractivity contribution in [3.63, 3.8) is 0 Å². The van der Waals surface area contributed by atoms with Crippen LogP contribution in [0, 0.1) is 0 Å². The Morgan fingerprint density at radius 1 is 0.941 bits per heavy atom. The van der Waals surface area contributed by atoms with E-state index in [9.17, 15) is 0 Å². The summed E-state index contributed by atoms with van der Waals surface area (Å²) in [6, 6.07) is 2.28. The van der Waals surface area contributed by atoms with Crippen molar-refractivity contribution in [2.45, 2.75) is 83.3 Å². The molecule has 1 saturated carbocycles. The first-order valence-corrected chi connectivity index (χ1v) is 7.76. The molecule has 1 unspecified atom stereocenters. The topological polar surface area (TPSA) is 15.3 Å². The minimum atomic E-state index is 0.636. The minimum absolute atomic E-state index is 0.636. The fourth-order valence-electron chi connectivity index (χ4n) is 3.53. The van der Waals surface area contributed by atoms with E-state index in [4.69, 9.17) is 0 Å². The molecule has 0 aromatic carbocycles. The lowest BCUT2D eigenvalue weighted by atomic mass is 9.96. The van der Waals surface area contributed by atoms with Gasteiger partial charge in [-0.25, -0.2) is 0 Å². The molecule has 1 N–H and O–H groups in total. The van der Waals surface area contributed by atoms with E-state index in [1.807, 2.05) is 0 Å². The summed E-state index contributed by atoms with van der Waals surface area (Å²) >= 11 is 0. The van der Waals surface area contributed by atoms with Crippen LogP contribution < -0.4 is 5.32 Å². The molecule has 1 atom stereocenters. The maximum absolute atomic E-state index is 3.70. The van der Waals surface area contributed by atoms with Gasteiger partial charge in [-0.2, -0.15) is 0 Å². The molecule has 0 bridgehead atoms. The Hall–Kier alpha value is -0.0800.